The van der Waals surface area contributed by atoms with Crippen molar-refractivity contribution in [3.8, 4) is 0 Å². The van der Waals surface area contributed by atoms with E-state index in [0.29, 0.717) is 26.2 Å². The number of carboxylic acids is 1. The lowest BCUT2D eigenvalue weighted by atomic mass is 10.2. The maximum atomic E-state index is 12.1. The van der Waals surface area contributed by atoms with Gasteiger partial charge in [0, 0.05) is 19.3 Å². The van der Waals surface area contributed by atoms with Gasteiger partial charge in [-0.1, -0.05) is 6.07 Å². The summed E-state index contributed by atoms with van der Waals surface area (Å²) in [6, 6.07) is 3.56. The number of aromatic nitrogens is 1. The number of hydrogen-bond acceptors (Lipinski definition) is 4. The first-order chi connectivity index (χ1) is 10.1. The molecular formula is C14H19N3O4. The van der Waals surface area contributed by atoms with Gasteiger partial charge in [-0.2, -0.15) is 0 Å². The monoisotopic (exact) mass is 293 g/mol. The highest BCUT2D eigenvalue weighted by Gasteiger charge is 2.25. The molecule has 1 aromatic heterocycles. The Kier molecular flexibility index (Phi) is 5.10. The summed E-state index contributed by atoms with van der Waals surface area (Å²) in [5.74, 6) is -0.925. The van der Waals surface area contributed by atoms with Gasteiger partial charge in [0.15, 0.2) is 0 Å². The van der Waals surface area contributed by atoms with E-state index in [9.17, 15) is 9.59 Å². The van der Waals surface area contributed by atoms with E-state index in [0.717, 1.165) is 11.3 Å². The summed E-state index contributed by atoms with van der Waals surface area (Å²) in [4.78, 5) is 28.6. The number of carbonyl (C=O) groups is 2. The van der Waals surface area contributed by atoms with Crippen LogP contribution in [-0.2, 0) is 16.1 Å². The van der Waals surface area contributed by atoms with Crippen LogP contribution in [0.5, 0.6) is 0 Å². The molecule has 0 aliphatic carbocycles. The minimum Gasteiger partial charge on any atom is -0.481 e. The van der Waals surface area contributed by atoms with Gasteiger partial charge in [-0.05, 0) is 18.6 Å². The van der Waals surface area contributed by atoms with Gasteiger partial charge in [-0.15, -0.1) is 0 Å². The molecule has 2 rings (SSSR count). The first-order valence-corrected chi connectivity index (χ1v) is 6.83. The van der Waals surface area contributed by atoms with Crippen LogP contribution in [-0.4, -0.2) is 52.8 Å². The standard InChI is InChI=1S/C14H19N3O4/c1-10-3-2-4-15-12(10)8-16-14(20)17-5-6-21-11(9-17)7-13(18)19/h2-4,11H,5-9H2,1H3,(H,16,20)(H,18,19). The molecule has 21 heavy (non-hydrogen) atoms. The molecule has 0 spiro atoms. The third-order valence-corrected chi connectivity index (χ3v) is 3.35. The van der Waals surface area contributed by atoms with Crippen molar-refractivity contribution in [1.82, 2.24) is 15.2 Å². The van der Waals surface area contributed by atoms with Crippen molar-refractivity contribution in [2.24, 2.45) is 0 Å². The second kappa shape index (κ2) is 7.03. The lowest BCUT2D eigenvalue weighted by Crippen LogP contribution is -2.50. The number of ether oxygens (including phenoxy) is 1. The molecule has 0 bridgehead atoms. The van der Waals surface area contributed by atoms with Gasteiger partial charge < -0.3 is 20.1 Å². The molecule has 1 fully saturated rings. The molecule has 2 N–H and O–H groups in total. The van der Waals surface area contributed by atoms with Gasteiger partial charge in [0.1, 0.15) is 0 Å². The average Bonchev–Trinajstić information content (AvgIpc) is 2.45. The number of carboxylic acid groups (broad SMARTS) is 1. The van der Waals surface area contributed by atoms with Crippen LogP contribution < -0.4 is 5.32 Å². The minimum absolute atomic E-state index is 0.0941. The van der Waals surface area contributed by atoms with Crippen molar-refractivity contribution in [3.63, 3.8) is 0 Å². The maximum Gasteiger partial charge on any atom is 0.317 e. The molecular weight excluding hydrogens is 274 g/mol. The van der Waals surface area contributed by atoms with Crippen LogP contribution in [0.3, 0.4) is 0 Å². The predicted octanol–water partition coefficient (Wildman–Crippen LogP) is 0.775. The number of hydrogen-bond donors (Lipinski definition) is 2. The normalized spacial score (nSPS) is 18.3. The van der Waals surface area contributed by atoms with Gasteiger partial charge >= 0.3 is 12.0 Å². The Morgan fingerprint density at radius 2 is 2.38 bits per heavy atom. The van der Waals surface area contributed by atoms with E-state index in [1.165, 1.54) is 0 Å². The van der Waals surface area contributed by atoms with E-state index in [4.69, 9.17) is 9.84 Å². The molecule has 1 atom stereocenters. The molecule has 0 radical (unpaired) electrons. The van der Waals surface area contributed by atoms with Crippen LogP contribution in [0.2, 0.25) is 0 Å². The van der Waals surface area contributed by atoms with Gasteiger partial charge in [0.05, 0.1) is 31.4 Å². The molecule has 0 saturated carbocycles. The molecule has 2 heterocycles. The lowest BCUT2D eigenvalue weighted by Gasteiger charge is -2.32. The number of pyridine rings is 1. The van der Waals surface area contributed by atoms with E-state index in [1.54, 1.807) is 11.1 Å². The third-order valence-electron chi connectivity index (χ3n) is 3.35. The number of amides is 2. The second-order valence-electron chi connectivity index (χ2n) is 4.96. The average molecular weight is 293 g/mol. The number of carbonyl (C=O) groups excluding carboxylic acids is 1. The van der Waals surface area contributed by atoms with E-state index in [2.05, 4.69) is 10.3 Å². The van der Waals surface area contributed by atoms with Crippen molar-refractivity contribution >= 4 is 12.0 Å². The number of urea groups is 1. The van der Waals surface area contributed by atoms with Gasteiger partial charge in [-0.3, -0.25) is 9.78 Å². The van der Waals surface area contributed by atoms with Crippen LogP contribution >= 0.6 is 0 Å². The number of rotatable bonds is 4. The smallest absolute Gasteiger partial charge is 0.317 e. The van der Waals surface area contributed by atoms with Gasteiger partial charge in [0.25, 0.3) is 0 Å². The minimum atomic E-state index is -0.925. The molecule has 7 nitrogen and oxygen atoms in total. The highest BCUT2D eigenvalue weighted by molar-refractivity contribution is 5.74. The molecule has 1 saturated heterocycles. The fourth-order valence-electron chi connectivity index (χ4n) is 2.20. The largest absolute Gasteiger partial charge is 0.481 e. The Balaban J connectivity index is 1.85. The Bertz CT molecular complexity index is 521. The van der Waals surface area contributed by atoms with Crippen LogP contribution in [0.15, 0.2) is 18.3 Å². The first-order valence-electron chi connectivity index (χ1n) is 6.83. The molecule has 0 aromatic carbocycles. The zero-order valence-electron chi connectivity index (χ0n) is 11.9. The molecule has 2 amide bonds. The molecule has 1 aromatic rings. The predicted molar refractivity (Wildman–Crippen MR) is 74.8 cm³/mol. The Hall–Kier alpha value is -2.15. The SMILES string of the molecule is Cc1cccnc1CNC(=O)N1CCOC(CC(=O)O)C1. The third kappa shape index (κ3) is 4.42. The fourth-order valence-corrected chi connectivity index (χ4v) is 2.20. The number of nitrogens with one attached hydrogen (secondary N) is 1. The van der Waals surface area contributed by atoms with Crippen molar-refractivity contribution in [3.05, 3.63) is 29.6 Å². The van der Waals surface area contributed by atoms with Crippen molar-refractivity contribution in [2.75, 3.05) is 19.7 Å². The number of aryl methyl sites for hydroxylation is 1. The zero-order valence-corrected chi connectivity index (χ0v) is 11.9. The van der Waals surface area contributed by atoms with Crippen LogP contribution in [0.4, 0.5) is 4.79 Å². The van der Waals surface area contributed by atoms with E-state index < -0.39 is 12.1 Å². The molecule has 114 valence electrons. The quantitative estimate of drug-likeness (QED) is 0.855. The number of nitrogens with zero attached hydrogens (tertiary/aromatic N) is 2. The van der Waals surface area contributed by atoms with E-state index >= 15 is 0 Å². The highest BCUT2D eigenvalue weighted by Crippen LogP contribution is 2.09. The Morgan fingerprint density at radius 3 is 3.10 bits per heavy atom. The topological polar surface area (TPSA) is 91.8 Å². The highest BCUT2D eigenvalue weighted by atomic mass is 16.5. The van der Waals surface area contributed by atoms with Crippen LogP contribution in [0.1, 0.15) is 17.7 Å². The number of morpholine rings is 1. The maximum absolute atomic E-state index is 12.1. The van der Waals surface area contributed by atoms with Crippen LogP contribution in [0.25, 0.3) is 0 Å². The fraction of sp³-hybridized carbons (Fsp3) is 0.500. The second-order valence-corrected chi connectivity index (χ2v) is 4.96. The Labute approximate surface area is 122 Å². The number of aliphatic carboxylic acids is 1. The van der Waals surface area contributed by atoms with Crippen LogP contribution in [0, 0.1) is 6.92 Å². The Morgan fingerprint density at radius 1 is 1.57 bits per heavy atom. The van der Waals surface area contributed by atoms with E-state index in [1.807, 2.05) is 19.1 Å². The van der Waals surface area contributed by atoms with Crippen molar-refractivity contribution in [2.45, 2.75) is 26.0 Å². The summed E-state index contributed by atoms with van der Waals surface area (Å²) >= 11 is 0. The summed E-state index contributed by atoms with van der Waals surface area (Å²) in [7, 11) is 0. The zero-order chi connectivity index (χ0) is 15.2. The summed E-state index contributed by atoms with van der Waals surface area (Å²) in [6.07, 6.45) is 1.15. The summed E-state index contributed by atoms with van der Waals surface area (Å²) in [5.41, 5.74) is 1.84. The van der Waals surface area contributed by atoms with Gasteiger partial charge in [0.2, 0.25) is 0 Å². The molecule has 7 heteroatoms. The summed E-state index contributed by atoms with van der Waals surface area (Å²) in [5, 5.41) is 11.6. The summed E-state index contributed by atoms with van der Waals surface area (Å²) < 4.78 is 5.34. The van der Waals surface area contributed by atoms with E-state index in [-0.39, 0.29) is 12.5 Å². The van der Waals surface area contributed by atoms with Crippen molar-refractivity contribution in [1.29, 1.82) is 0 Å². The van der Waals surface area contributed by atoms with Crippen molar-refractivity contribution < 1.29 is 19.4 Å². The lowest BCUT2D eigenvalue weighted by molar-refractivity contribution is -0.141. The molecule has 1 aliphatic heterocycles. The van der Waals surface area contributed by atoms with Gasteiger partial charge in [-0.25, -0.2) is 4.79 Å². The summed E-state index contributed by atoms with van der Waals surface area (Å²) in [6.45, 7) is 3.40. The first kappa shape index (κ1) is 15.2. The molecule has 1 aliphatic rings. The molecule has 1 unspecified atom stereocenters.